The maximum atomic E-state index is 12.5. The van der Waals surface area contributed by atoms with Crippen molar-refractivity contribution in [3.05, 3.63) is 23.8 Å². The summed E-state index contributed by atoms with van der Waals surface area (Å²) in [6.07, 6.45) is 13.3. The van der Waals surface area contributed by atoms with Crippen molar-refractivity contribution in [2.45, 2.75) is 51.9 Å². The SMILES string of the molecule is CC[C@]12CC[C@H]3[C@@H](C=CC4=CC(=O)CC[C@@H]43)[C@@H]1CCC2=O. The van der Waals surface area contributed by atoms with E-state index in [-0.39, 0.29) is 5.41 Å². The van der Waals surface area contributed by atoms with Crippen LogP contribution in [0.1, 0.15) is 51.9 Å². The molecular weight excluding hydrogens is 260 g/mol. The smallest absolute Gasteiger partial charge is 0.155 e. The molecule has 2 nitrogen and oxygen atoms in total. The van der Waals surface area contributed by atoms with Gasteiger partial charge in [-0.2, -0.15) is 0 Å². The molecule has 2 heteroatoms. The van der Waals surface area contributed by atoms with Crippen molar-refractivity contribution in [1.82, 2.24) is 0 Å². The van der Waals surface area contributed by atoms with Crippen molar-refractivity contribution in [3.8, 4) is 0 Å². The molecule has 0 amide bonds. The van der Waals surface area contributed by atoms with Gasteiger partial charge < -0.3 is 0 Å². The topological polar surface area (TPSA) is 34.1 Å². The predicted octanol–water partition coefficient (Wildman–Crippen LogP) is 3.86. The molecule has 0 aromatic heterocycles. The summed E-state index contributed by atoms with van der Waals surface area (Å²) in [5.41, 5.74) is 1.25. The Morgan fingerprint density at radius 2 is 2.05 bits per heavy atom. The molecule has 0 aromatic carbocycles. The van der Waals surface area contributed by atoms with Gasteiger partial charge in [-0.05, 0) is 67.4 Å². The van der Waals surface area contributed by atoms with Gasteiger partial charge in [0.1, 0.15) is 5.78 Å². The van der Waals surface area contributed by atoms with Gasteiger partial charge in [0.2, 0.25) is 0 Å². The third kappa shape index (κ3) is 1.77. The molecule has 21 heavy (non-hydrogen) atoms. The Kier molecular flexibility index (Phi) is 2.99. The maximum absolute atomic E-state index is 12.5. The predicted molar refractivity (Wildman–Crippen MR) is 81.6 cm³/mol. The van der Waals surface area contributed by atoms with E-state index in [1.54, 1.807) is 0 Å². The van der Waals surface area contributed by atoms with E-state index in [2.05, 4.69) is 19.1 Å². The van der Waals surface area contributed by atoms with Crippen LogP contribution in [0.5, 0.6) is 0 Å². The Balaban J connectivity index is 1.71. The zero-order valence-corrected chi connectivity index (χ0v) is 12.8. The zero-order chi connectivity index (χ0) is 14.6. The first-order chi connectivity index (χ1) is 10.2. The minimum Gasteiger partial charge on any atom is -0.299 e. The van der Waals surface area contributed by atoms with Crippen molar-refractivity contribution in [1.29, 1.82) is 0 Å². The van der Waals surface area contributed by atoms with E-state index >= 15 is 0 Å². The second kappa shape index (κ2) is 4.66. The number of carbonyl (C=O) groups is 2. The summed E-state index contributed by atoms with van der Waals surface area (Å²) in [5, 5.41) is 0. The zero-order valence-electron chi connectivity index (χ0n) is 12.8. The van der Waals surface area contributed by atoms with E-state index in [0.29, 0.717) is 41.7 Å². The van der Waals surface area contributed by atoms with Gasteiger partial charge in [0, 0.05) is 18.3 Å². The van der Waals surface area contributed by atoms with Crippen molar-refractivity contribution in [2.24, 2.45) is 29.1 Å². The van der Waals surface area contributed by atoms with Crippen molar-refractivity contribution >= 4 is 11.6 Å². The summed E-state index contributed by atoms with van der Waals surface area (Å²) in [4.78, 5) is 24.1. The molecule has 4 aliphatic carbocycles. The van der Waals surface area contributed by atoms with Gasteiger partial charge in [-0.25, -0.2) is 0 Å². The highest BCUT2D eigenvalue weighted by atomic mass is 16.1. The number of carbonyl (C=O) groups excluding carboxylic acids is 2. The van der Waals surface area contributed by atoms with Crippen LogP contribution >= 0.6 is 0 Å². The first-order valence-corrected chi connectivity index (χ1v) is 8.61. The summed E-state index contributed by atoms with van der Waals surface area (Å²) < 4.78 is 0. The molecule has 0 bridgehead atoms. The van der Waals surface area contributed by atoms with Gasteiger partial charge in [0.25, 0.3) is 0 Å². The first-order valence-electron chi connectivity index (χ1n) is 8.61. The molecule has 0 N–H and O–H groups in total. The Morgan fingerprint density at radius 3 is 2.86 bits per heavy atom. The van der Waals surface area contributed by atoms with Gasteiger partial charge in [0.15, 0.2) is 5.78 Å². The van der Waals surface area contributed by atoms with Gasteiger partial charge >= 0.3 is 0 Å². The molecule has 0 aliphatic heterocycles. The number of rotatable bonds is 1. The van der Waals surface area contributed by atoms with E-state index in [1.807, 2.05) is 6.08 Å². The monoisotopic (exact) mass is 284 g/mol. The lowest BCUT2D eigenvalue weighted by atomic mass is 9.53. The largest absolute Gasteiger partial charge is 0.299 e. The van der Waals surface area contributed by atoms with Gasteiger partial charge in [-0.3, -0.25) is 9.59 Å². The van der Waals surface area contributed by atoms with Crippen LogP contribution in [0.3, 0.4) is 0 Å². The van der Waals surface area contributed by atoms with Gasteiger partial charge in [-0.1, -0.05) is 19.1 Å². The highest BCUT2D eigenvalue weighted by Crippen LogP contribution is 2.60. The summed E-state index contributed by atoms with van der Waals surface area (Å²) in [7, 11) is 0. The molecule has 4 rings (SSSR count). The fraction of sp³-hybridized carbons (Fsp3) is 0.684. The van der Waals surface area contributed by atoms with Gasteiger partial charge in [-0.15, -0.1) is 0 Å². The van der Waals surface area contributed by atoms with Crippen LogP contribution in [-0.4, -0.2) is 11.6 Å². The second-order valence-electron chi connectivity index (χ2n) is 7.47. The third-order valence-electron chi connectivity index (χ3n) is 6.95. The van der Waals surface area contributed by atoms with Crippen LogP contribution < -0.4 is 0 Å². The molecular formula is C19H24O2. The summed E-state index contributed by atoms with van der Waals surface area (Å²) in [6.45, 7) is 2.20. The molecule has 4 aliphatic rings. The summed E-state index contributed by atoms with van der Waals surface area (Å²) in [6, 6.07) is 0. The van der Waals surface area contributed by atoms with Crippen LogP contribution in [0.15, 0.2) is 23.8 Å². The fourth-order valence-electron chi connectivity index (χ4n) is 5.89. The Bertz CT molecular complexity index is 556. The van der Waals surface area contributed by atoms with E-state index in [0.717, 1.165) is 32.1 Å². The summed E-state index contributed by atoms with van der Waals surface area (Å²) >= 11 is 0. The lowest BCUT2D eigenvalue weighted by Crippen LogP contribution is -2.46. The summed E-state index contributed by atoms with van der Waals surface area (Å²) in [5.74, 6) is 3.19. The highest BCUT2D eigenvalue weighted by molar-refractivity contribution is 5.92. The molecule has 112 valence electrons. The van der Waals surface area contributed by atoms with E-state index < -0.39 is 0 Å². The van der Waals surface area contributed by atoms with Gasteiger partial charge in [0.05, 0.1) is 0 Å². The number of hydrogen-bond donors (Lipinski definition) is 0. The molecule has 2 saturated carbocycles. The quantitative estimate of drug-likeness (QED) is 0.732. The molecule has 0 radical (unpaired) electrons. The number of allylic oxidation sites excluding steroid dienone is 4. The highest BCUT2D eigenvalue weighted by Gasteiger charge is 2.56. The van der Waals surface area contributed by atoms with Crippen LogP contribution in [0.25, 0.3) is 0 Å². The number of hydrogen-bond acceptors (Lipinski definition) is 2. The normalized spacial score (nSPS) is 44.9. The Labute approximate surface area is 126 Å². The van der Waals surface area contributed by atoms with E-state index in [4.69, 9.17) is 0 Å². The Morgan fingerprint density at radius 1 is 1.19 bits per heavy atom. The number of fused-ring (bicyclic) bond motifs is 5. The minimum absolute atomic E-state index is 0.0167. The van der Waals surface area contributed by atoms with Crippen LogP contribution in [-0.2, 0) is 9.59 Å². The molecule has 2 fully saturated rings. The number of ketones is 2. The van der Waals surface area contributed by atoms with Crippen molar-refractivity contribution in [3.63, 3.8) is 0 Å². The van der Waals surface area contributed by atoms with Crippen LogP contribution in [0, 0.1) is 29.1 Å². The lowest BCUT2D eigenvalue weighted by Gasteiger charge is -2.50. The van der Waals surface area contributed by atoms with Crippen LogP contribution in [0.2, 0.25) is 0 Å². The Hall–Kier alpha value is -1.18. The van der Waals surface area contributed by atoms with Crippen molar-refractivity contribution < 1.29 is 9.59 Å². The standard InChI is InChI=1S/C19H24O2/c1-2-19-10-9-15-14-6-4-13(20)11-12(14)3-5-16(15)17(19)7-8-18(19)21/h3,5,11,14-17H,2,4,6-10H2,1H3/t14-,15+,16+,17-,19-/m0/s1. The minimum atomic E-state index is -0.0167. The third-order valence-corrected chi connectivity index (χ3v) is 6.95. The fourth-order valence-corrected chi connectivity index (χ4v) is 5.89. The average Bonchev–Trinajstić information content (AvgIpc) is 2.84. The average molecular weight is 284 g/mol. The van der Waals surface area contributed by atoms with Crippen LogP contribution in [0.4, 0.5) is 0 Å². The molecule has 0 aromatic rings. The maximum Gasteiger partial charge on any atom is 0.155 e. The molecule has 5 atom stereocenters. The number of Topliss-reactive ketones (excluding diaryl/α,β-unsaturated/α-hetero) is 1. The molecule has 0 unspecified atom stereocenters. The molecule has 0 saturated heterocycles. The van der Waals surface area contributed by atoms with E-state index in [1.165, 1.54) is 12.0 Å². The molecule has 0 spiro atoms. The second-order valence-corrected chi connectivity index (χ2v) is 7.47. The lowest BCUT2D eigenvalue weighted by molar-refractivity contribution is -0.131. The first kappa shape index (κ1) is 13.5. The van der Waals surface area contributed by atoms with Crippen molar-refractivity contribution in [2.75, 3.05) is 0 Å². The van der Waals surface area contributed by atoms with E-state index in [9.17, 15) is 9.59 Å². The molecule has 0 heterocycles.